The minimum absolute atomic E-state index is 0.221. The fourth-order valence-corrected chi connectivity index (χ4v) is 3.66. The van der Waals surface area contributed by atoms with Gasteiger partial charge < -0.3 is 14.4 Å². The van der Waals surface area contributed by atoms with E-state index in [1.165, 1.54) is 42.5 Å². The lowest BCUT2D eigenvalue weighted by molar-refractivity contribution is -0.385. The van der Waals surface area contributed by atoms with Crippen molar-refractivity contribution in [1.29, 1.82) is 0 Å². The van der Waals surface area contributed by atoms with Crippen LogP contribution in [0.1, 0.15) is 10.4 Å². The van der Waals surface area contributed by atoms with Crippen LogP contribution >= 0.6 is 0 Å². The second kappa shape index (κ2) is 10.7. The molecule has 0 saturated carbocycles. The SMILES string of the molecule is COCCN(CCOC)C(=O)c1ccc(NS(=O)(=O)c2cccc([N+](=O)[O-])c2)cc1. The van der Waals surface area contributed by atoms with Gasteiger partial charge in [0.15, 0.2) is 0 Å². The summed E-state index contributed by atoms with van der Waals surface area (Å²) in [5.74, 6) is -0.239. The molecule has 0 unspecified atom stereocenters. The zero-order chi connectivity index (χ0) is 22.1. The Morgan fingerprint density at radius 1 is 1.07 bits per heavy atom. The van der Waals surface area contributed by atoms with E-state index in [1.807, 2.05) is 0 Å². The molecule has 0 aliphatic carbocycles. The van der Waals surface area contributed by atoms with Gasteiger partial charge in [-0.1, -0.05) is 6.07 Å². The quantitative estimate of drug-likeness (QED) is 0.421. The number of carbonyl (C=O) groups is 1. The number of nitro groups is 1. The highest BCUT2D eigenvalue weighted by atomic mass is 32.2. The summed E-state index contributed by atoms with van der Waals surface area (Å²) in [4.78, 5) is 24.2. The smallest absolute Gasteiger partial charge is 0.270 e. The van der Waals surface area contributed by atoms with Crippen LogP contribution in [0.3, 0.4) is 0 Å². The van der Waals surface area contributed by atoms with E-state index in [-0.39, 0.29) is 22.2 Å². The molecule has 0 spiro atoms. The summed E-state index contributed by atoms with van der Waals surface area (Å²) in [5, 5.41) is 10.9. The number of nitrogens with zero attached hydrogens (tertiary/aromatic N) is 2. The largest absolute Gasteiger partial charge is 0.383 e. The first kappa shape index (κ1) is 23.3. The molecule has 0 bridgehead atoms. The topological polar surface area (TPSA) is 128 Å². The molecular formula is C19H23N3O7S. The van der Waals surface area contributed by atoms with Gasteiger partial charge in [-0.25, -0.2) is 8.42 Å². The number of carbonyl (C=O) groups excluding carboxylic acids is 1. The molecule has 10 nitrogen and oxygen atoms in total. The fourth-order valence-electron chi connectivity index (χ4n) is 2.56. The Labute approximate surface area is 174 Å². The number of ether oxygens (including phenoxy) is 2. The number of nitrogens with one attached hydrogen (secondary N) is 1. The summed E-state index contributed by atoms with van der Waals surface area (Å²) in [7, 11) is -0.940. The standard InChI is InChI=1S/C19H23N3O7S/c1-28-12-10-21(11-13-29-2)19(23)15-6-8-16(9-7-15)20-30(26,27)18-5-3-4-17(14-18)22(24)25/h3-9,14,20H,10-13H2,1-2H3. The normalized spacial score (nSPS) is 11.1. The van der Waals surface area contributed by atoms with Gasteiger partial charge >= 0.3 is 0 Å². The van der Waals surface area contributed by atoms with Crippen LogP contribution in [0.15, 0.2) is 53.4 Å². The van der Waals surface area contributed by atoms with Crippen molar-refractivity contribution in [2.75, 3.05) is 45.2 Å². The Morgan fingerprint density at radius 2 is 1.67 bits per heavy atom. The van der Waals surface area contributed by atoms with E-state index in [9.17, 15) is 23.3 Å². The summed E-state index contributed by atoms with van der Waals surface area (Å²) >= 11 is 0. The summed E-state index contributed by atoms with van der Waals surface area (Å²) in [6, 6.07) is 10.6. The van der Waals surface area contributed by atoms with Gasteiger partial charge in [-0.05, 0) is 30.3 Å². The van der Waals surface area contributed by atoms with Crippen molar-refractivity contribution >= 4 is 27.3 Å². The van der Waals surface area contributed by atoms with Crippen LogP contribution in [0, 0.1) is 10.1 Å². The van der Waals surface area contributed by atoms with Crippen LogP contribution in [0.25, 0.3) is 0 Å². The average molecular weight is 437 g/mol. The summed E-state index contributed by atoms with van der Waals surface area (Å²) < 4.78 is 37.4. The van der Waals surface area contributed by atoms with Crippen molar-refractivity contribution in [2.24, 2.45) is 0 Å². The van der Waals surface area contributed by atoms with E-state index in [0.29, 0.717) is 31.9 Å². The molecular weight excluding hydrogens is 414 g/mol. The van der Waals surface area contributed by atoms with Crippen LogP contribution in [-0.4, -0.2) is 64.7 Å². The maximum absolute atomic E-state index is 12.7. The van der Waals surface area contributed by atoms with Crippen LogP contribution in [0.4, 0.5) is 11.4 Å². The van der Waals surface area contributed by atoms with E-state index in [4.69, 9.17) is 9.47 Å². The highest BCUT2D eigenvalue weighted by Gasteiger charge is 2.19. The third-order valence-corrected chi connectivity index (χ3v) is 5.52. The molecule has 0 heterocycles. The average Bonchev–Trinajstić information content (AvgIpc) is 2.74. The van der Waals surface area contributed by atoms with Gasteiger partial charge in [0, 0.05) is 50.7 Å². The second-order valence-electron chi connectivity index (χ2n) is 6.22. The highest BCUT2D eigenvalue weighted by molar-refractivity contribution is 7.92. The van der Waals surface area contributed by atoms with E-state index in [1.54, 1.807) is 19.1 Å². The molecule has 0 saturated heterocycles. The van der Waals surface area contributed by atoms with Crippen molar-refractivity contribution in [1.82, 2.24) is 4.90 Å². The van der Waals surface area contributed by atoms with E-state index < -0.39 is 14.9 Å². The Kier molecular flexibility index (Phi) is 8.27. The predicted molar refractivity (Wildman–Crippen MR) is 110 cm³/mol. The maximum Gasteiger partial charge on any atom is 0.270 e. The minimum atomic E-state index is -4.03. The molecule has 30 heavy (non-hydrogen) atoms. The van der Waals surface area contributed by atoms with E-state index in [0.717, 1.165) is 6.07 Å². The van der Waals surface area contributed by atoms with Crippen molar-refractivity contribution < 1.29 is 27.6 Å². The zero-order valence-corrected chi connectivity index (χ0v) is 17.4. The number of amides is 1. The number of sulfonamides is 1. The predicted octanol–water partition coefficient (Wildman–Crippen LogP) is 2.13. The van der Waals surface area contributed by atoms with Crippen molar-refractivity contribution in [3.63, 3.8) is 0 Å². The highest BCUT2D eigenvalue weighted by Crippen LogP contribution is 2.21. The molecule has 2 aromatic carbocycles. The third-order valence-electron chi connectivity index (χ3n) is 4.14. The number of hydrogen-bond donors (Lipinski definition) is 1. The fraction of sp³-hybridized carbons (Fsp3) is 0.316. The lowest BCUT2D eigenvalue weighted by atomic mass is 10.2. The molecule has 2 rings (SSSR count). The molecule has 11 heteroatoms. The number of benzene rings is 2. The summed E-state index contributed by atoms with van der Waals surface area (Å²) in [6.07, 6.45) is 0. The number of anilines is 1. The van der Waals surface area contributed by atoms with Crippen molar-refractivity contribution in [3.05, 3.63) is 64.2 Å². The van der Waals surface area contributed by atoms with Gasteiger partial charge in [0.1, 0.15) is 0 Å². The minimum Gasteiger partial charge on any atom is -0.383 e. The molecule has 1 N–H and O–H groups in total. The number of non-ortho nitro benzene ring substituents is 1. The number of methoxy groups -OCH3 is 2. The monoisotopic (exact) mass is 437 g/mol. The van der Waals surface area contributed by atoms with Gasteiger partial charge in [0.05, 0.1) is 23.0 Å². The molecule has 0 radical (unpaired) electrons. The number of hydrogen-bond acceptors (Lipinski definition) is 7. The van der Waals surface area contributed by atoms with Crippen LogP contribution in [0.5, 0.6) is 0 Å². The summed E-state index contributed by atoms with van der Waals surface area (Å²) in [6.45, 7) is 1.52. The van der Waals surface area contributed by atoms with E-state index >= 15 is 0 Å². The first-order chi connectivity index (χ1) is 14.3. The molecule has 0 aliphatic rings. The summed E-state index contributed by atoms with van der Waals surface area (Å²) in [5.41, 5.74) is 0.268. The van der Waals surface area contributed by atoms with Gasteiger partial charge in [-0.15, -0.1) is 0 Å². The number of nitro benzene ring substituents is 1. The van der Waals surface area contributed by atoms with Gasteiger partial charge in [-0.2, -0.15) is 0 Å². The van der Waals surface area contributed by atoms with Gasteiger partial charge in [-0.3, -0.25) is 19.6 Å². The number of rotatable bonds is 11. The van der Waals surface area contributed by atoms with Gasteiger partial charge in [0.2, 0.25) is 0 Å². The lowest BCUT2D eigenvalue weighted by Crippen LogP contribution is -2.36. The van der Waals surface area contributed by atoms with Crippen LogP contribution < -0.4 is 4.72 Å². The Hall–Kier alpha value is -3.02. The molecule has 0 atom stereocenters. The van der Waals surface area contributed by atoms with Crippen LogP contribution in [-0.2, 0) is 19.5 Å². The Morgan fingerprint density at radius 3 is 2.20 bits per heavy atom. The molecule has 162 valence electrons. The molecule has 0 aliphatic heterocycles. The van der Waals surface area contributed by atoms with Crippen molar-refractivity contribution in [3.8, 4) is 0 Å². The Bertz CT molecular complexity index is 970. The third kappa shape index (κ3) is 6.24. The van der Waals surface area contributed by atoms with Crippen LogP contribution in [0.2, 0.25) is 0 Å². The Balaban J connectivity index is 2.15. The van der Waals surface area contributed by atoms with Crippen molar-refractivity contribution in [2.45, 2.75) is 4.90 Å². The molecule has 0 aromatic heterocycles. The molecule has 2 aromatic rings. The molecule has 0 fully saturated rings. The lowest BCUT2D eigenvalue weighted by Gasteiger charge is -2.22. The first-order valence-electron chi connectivity index (χ1n) is 8.93. The molecule has 1 amide bonds. The second-order valence-corrected chi connectivity index (χ2v) is 7.90. The maximum atomic E-state index is 12.7. The zero-order valence-electron chi connectivity index (χ0n) is 16.6. The first-order valence-corrected chi connectivity index (χ1v) is 10.4. The van der Waals surface area contributed by atoms with E-state index in [2.05, 4.69) is 4.72 Å². The van der Waals surface area contributed by atoms with Gasteiger partial charge in [0.25, 0.3) is 21.6 Å².